The van der Waals surface area contributed by atoms with Gasteiger partial charge in [-0.1, -0.05) is 40.2 Å². The van der Waals surface area contributed by atoms with Gasteiger partial charge in [0, 0.05) is 10.0 Å². The third kappa shape index (κ3) is 3.62. The first-order valence-corrected chi connectivity index (χ1v) is 7.43. The van der Waals surface area contributed by atoms with Crippen molar-refractivity contribution in [3.8, 4) is 5.75 Å². The predicted molar refractivity (Wildman–Crippen MR) is 85.0 cm³/mol. The fourth-order valence-electron chi connectivity index (χ4n) is 2.03. The highest BCUT2D eigenvalue weighted by atomic mass is 79.9. The van der Waals surface area contributed by atoms with Crippen LogP contribution in [-0.2, 0) is 6.61 Å². The number of aryl methyl sites for hydroxylation is 2. The molecule has 1 atom stereocenters. The third-order valence-electron chi connectivity index (χ3n) is 3.39. The van der Waals surface area contributed by atoms with Gasteiger partial charge in [0.05, 0.1) is 6.10 Å². The molecule has 0 radical (unpaired) electrons. The lowest BCUT2D eigenvalue weighted by Crippen LogP contribution is -2.01. The Bertz CT molecular complexity index is 606. The summed E-state index contributed by atoms with van der Waals surface area (Å²) < 4.78 is 6.81. The molecule has 0 aromatic heterocycles. The van der Waals surface area contributed by atoms with Gasteiger partial charge in [0.1, 0.15) is 12.4 Å². The van der Waals surface area contributed by atoms with Gasteiger partial charge >= 0.3 is 0 Å². The van der Waals surface area contributed by atoms with Crippen molar-refractivity contribution in [3.05, 3.63) is 63.1 Å². The predicted octanol–water partition coefficient (Wildman–Crippen LogP) is 4.70. The molecule has 0 heterocycles. The number of aliphatic hydroxyl groups is 1. The van der Waals surface area contributed by atoms with Gasteiger partial charge in [-0.15, -0.1) is 0 Å². The fourth-order valence-corrected chi connectivity index (χ4v) is 2.37. The second kappa shape index (κ2) is 6.42. The van der Waals surface area contributed by atoms with Crippen molar-refractivity contribution in [2.45, 2.75) is 33.5 Å². The van der Waals surface area contributed by atoms with E-state index in [9.17, 15) is 5.11 Å². The van der Waals surface area contributed by atoms with Gasteiger partial charge < -0.3 is 9.84 Å². The van der Waals surface area contributed by atoms with Crippen molar-refractivity contribution in [1.29, 1.82) is 0 Å². The number of rotatable bonds is 4. The zero-order valence-electron chi connectivity index (χ0n) is 12.0. The number of halogens is 1. The van der Waals surface area contributed by atoms with Crippen molar-refractivity contribution < 1.29 is 9.84 Å². The Balaban J connectivity index is 2.17. The Morgan fingerprint density at radius 3 is 2.50 bits per heavy atom. The zero-order chi connectivity index (χ0) is 14.7. The average molecular weight is 335 g/mol. The summed E-state index contributed by atoms with van der Waals surface area (Å²) in [7, 11) is 0. The summed E-state index contributed by atoms with van der Waals surface area (Å²) in [6, 6.07) is 12.0. The van der Waals surface area contributed by atoms with Crippen LogP contribution in [0.25, 0.3) is 0 Å². The molecule has 20 heavy (non-hydrogen) atoms. The Labute approximate surface area is 128 Å². The second-order valence-corrected chi connectivity index (χ2v) is 5.98. The van der Waals surface area contributed by atoms with Crippen LogP contribution in [0.4, 0.5) is 0 Å². The Morgan fingerprint density at radius 2 is 1.85 bits per heavy atom. The van der Waals surface area contributed by atoms with Gasteiger partial charge in [-0.05, 0) is 49.6 Å². The molecule has 0 saturated carbocycles. The average Bonchev–Trinajstić information content (AvgIpc) is 2.40. The van der Waals surface area contributed by atoms with E-state index in [0.717, 1.165) is 15.6 Å². The molecular formula is C17H19BrO2. The van der Waals surface area contributed by atoms with Gasteiger partial charge in [-0.2, -0.15) is 0 Å². The highest BCUT2D eigenvalue weighted by Crippen LogP contribution is 2.29. The number of benzene rings is 2. The first kappa shape index (κ1) is 15.1. The molecule has 0 saturated heterocycles. The summed E-state index contributed by atoms with van der Waals surface area (Å²) in [5.74, 6) is 0.715. The minimum Gasteiger partial charge on any atom is -0.488 e. The second-order valence-electron chi connectivity index (χ2n) is 5.07. The number of hydrogen-bond donors (Lipinski definition) is 1. The van der Waals surface area contributed by atoms with Gasteiger partial charge in [0.15, 0.2) is 0 Å². The fraction of sp³-hybridized carbons (Fsp3) is 0.294. The lowest BCUT2D eigenvalue weighted by molar-refractivity contribution is 0.190. The molecule has 3 heteroatoms. The van der Waals surface area contributed by atoms with Crippen LogP contribution in [0.1, 0.15) is 35.3 Å². The van der Waals surface area contributed by atoms with Gasteiger partial charge in [-0.25, -0.2) is 0 Å². The van der Waals surface area contributed by atoms with Gasteiger partial charge in [-0.3, -0.25) is 0 Å². The number of hydrogen-bond acceptors (Lipinski definition) is 2. The van der Waals surface area contributed by atoms with Crippen LogP contribution >= 0.6 is 15.9 Å². The van der Waals surface area contributed by atoms with Crippen molar-refractivity contribution >= 4 is 15.9 Å². The molecule has 2 rings (SSSR count). The van der Waals surface area contributed by atoms with E-state index in [1.54, 1.807) is 6.92 Å². The highest BCUT2D eigenvalue weighted by molar-refractivity contribution is 9.10. The summed E-state index contributed by atoms with van der Waals surface area (Å²) in [4.78, 5) is 0. The molecule has 0 fully saturated rings. The van der Waals surface area contributed by atoms with E-state index in [4.69, 9.17) is 4.74 Å². The summed E-state index contributed by atoms with van der Waals surface area (Å²) in [5, 5.41) is 9.78. The van der Waals surface area contributed by atoms with E-state index >= 15 is 0 Å². The van der Waals surface area contributed by atoms with E-state index in [1.807, 2.05) is 18.2 Å². The minimum atomic E-state index is -0.544. The molecule has 0 spiro atoms. The monoisotopic (exact) mass is 334 g/mol. The molecule has 0 amide bonds. The standard InChI is InChI=1S/C17H19BrO2/c1-11-4-5-14(8-12(11)2)10-20-17-9-15(18)6-7-16(17)13(3)19/h4-9,13,19H,10H2,1-3H3/t13-/m1/s1. The van der Waals surface area contributed by atoms with Crippen LogP contribution in [0.2, 0.25) is 0 Å². The molecule has 2 nitrogen and oxygen atoms in total. The normalized spacial score (nSPS) is 12.2. The molecule has 0 aliphatic rings. The summed E-state index contributed by atoms with van der Waals surface area (Å²) >= 11 is 3.43. The highest BCUT2D eigenvalue weighted by Gasteiger charge is 2.10. The third-order valence-corrected chi connectivity index (χ3v) is 3.88. The van der Waals surface area contributed by atoms with Crippen LogP contribution in [0.3, 0.4) is 0 Å². The van der Waals surface area contributed by atoms with Gasteiger partial charge in [0.25, 0.3) is 0 Å². The van der Waals surface area contributed by atoms with Crippen LogP contribution in [0.5, 0.6) is 5.75 Å². The van der Waals surface area contributed by atoms with Gasteiger partial charge in [0.2, 0.25) is 0 Å². The first-order valence-electron chi connectivity index (χ1n) is 6.64. The van der Waals surface area contributed by atoms with Crippen molar-refractivity contribution in [1.82, 2.24) is 0 Å². The Hall–Kier alpha value is -1.32. The van der Waals surface area contributed by atoms with E-state index in [0.29, 0.717) is 12.4 Å². The van der Waals surface area contributed by atoms with E-state index < -0.39 is 6.10 Å². The molecule has 0 unspecified atom stereocenters. The number of ether oxygens (including phenoxy) is 1. The first-order chi connectivity index (χ1) is 9.47. The van der Waals surface area contributed by atoms with Crippen molar-refractivity contribution in [2.75, 3.05) is 0 Å². The maximum atomic E-state index is 9.78. The molecule has 0 aliphatic heterocycles. The van der Waals surface area contributed by atoms with Crippen molar-refractivity contribution in [3.63, 3.8) is 0 Å². The lowest BCUT2D eigenvalue weighted by atomic mass is 10.1. The Morgan fingerprint density at radius 1 is 1.10 bits per heavy atom. The molecule has 2 aromatic carbocycles. The number of aliphatic hydroxyl groups excluding tert-OH is 1. The SMILES string of the molecule is Cc1ccc(COc2cc(Br)ccc2[C@@H](C)O)cc1C. The zero-order valence-corrected chi connectivity index (χ0v) is 13.6. The largest absolute Gasteiger partial charge is 0.488 e. The minimum absolute atomic E-state index is 0.497. The maximum absolute atomic E-state index is 9.78. The van der Waals surface area contributed by atoms with Crippen LogP contribution < -0.4 is 4.74 Å². The molecule has 0 bridgehead atoms. The van der Waals surface area contributed by atoms with Crippen LogP contribution in [-0.4, -0.2) is 5.11 Å². The molecule has 2 aromatic rings. The lowest BCUT2D eigenvalue weighted by Gasteiger charge is -2.14. The summed E-state index contributed by atoms with van der Waals surface area (Å²) in [6.45, 7) is 6.43. The maximum Gasteiger partial charge on any atom is 0.126 e. The van der Waals surface area contributed by atoms with E-state index in [1.165, 1.54) is 11.1 Å². The molecular weight excluding hydrogens is 316 g/mol. The summed E-state index contributed by atoms with van der Waals surface area (Å²) in [5.41, 5.74) is 4.47. The summed E-state index contributed by atoms with van der Waals surface area (Å²) in [6.07, 6.45) is -0.544. The van der Waals surface area contributed by atoms with Crippen molar-refractivity contribution in [2.24, 2.45) is 0 Å². The van der Waals surface area contributed by atoms with Crippen LogP contribution in [0, 0.1) is 13.8 Å². The molecule has 1 N–H and O–H groups in total. The smallest absolute Gasteiger partial charge is 0.126 e. The molecule has 0 aliphatic carbocycles. The molecule has 106 valence electrons. The topological polar surface area (TPSA) is 29.5 Å². The van der Waals surface area contributed by atoms with Crippen LogP contribution in [0.15, 0.2) is 40.9 Å². The van der Waals surface area contributed by atoms with E-state index in [-0.39, 0.29) is 0 Å². The Kier molecular flexibility index (Phi) is 4.84. The van der Waals surface area contributed by atoms with E-state index in [2.05, 4.69) is 48.0 Å². The quantitative estimate of drug-likeness (QED) is 0.878.